The van der Waals surface area contributed by atoms with Gasteiger partial charge in [0.2, 0.25) is 0 Å². The Hall–Kier alpha value is -0.760. The average Bonchev–Trinajstić information content (AvgIpc) is 2.71. The lowest BCUT2D eigenvalue weighted by Gasteiger charge is -2.09. The molecule has 1 saturated carbocycles. The fraction of sp³-hybridized carbons (Fsp3) is 0.462. The van der Waals surface area contributed by atoms with Crippen LogP contribution in [0.1, 0.15) is 41.6 Å². The summed E-state index contributed by atoms with van der Waals surface area (Å²) in [4.78, 5) is 12.0. The molecule has 0 saturated heterocycles. The van der Waals surface area contributed by atoms with Crippen LogP contribution in [0.2, 0.25) is 0 Å². The standard InChI is InChI=1S/C13H16OS/c1-10-8-13(7-6-11(10)9-14)15-12-4-2-3-5-12/h6-9,12H,2-5H2,1H3. The summed E-state index contributed by atoms with van der Waals surface area (Å²) >= 11 is 1.97. The molecule has 1 aliphatic carbocycles. The van der Waals surface area contributed by atoms with Crippen LogP contribution in [0, 0.1) is 6.92 Å². The number of benzene rings is 1. The van der Waals surface area contributed by atoms with E-state index in [4.69, 9.17) is 0 Å². The van der Waals surface area contributed by atoms with Crippen LogP contribution in [0.25, 0.3) is 0 Å². The van der Waals surface area contributed by atoms with Crippen molar-refractivity contribution in [2.24, 2.45) is 0 Å². The highest BCUT2D eigenvalue weighted by molar-refractivity contribution is 8.00. The topological polar surface area (TPSA) is 17.1 Å². The van der Waals surface area contributed by atoms with Crippen LogP contribution in [-0.2, 0) is 0 Å². The molecule has 0 aliphatic heterocycles. The lowest BCUT2D eigenvalue weighted by Crippen LogP contribution is -1.94. The molecule has 0 spiro atoms. The average molecular weight is 220 g/mol. The second-order valence-electron chi connectivity index (χ2n) is 4.16. The number of aldehydes is 1. The van der Waals surface area contributed by atoms with E-state index in [1.54, 1.807) is 0 Å². The van der Waals surface area contributed by atoms with E-state index < -0.39 is 0 Å². The van der Waals surface area contributed by atoms with Gasteiger partial charge in [0.1, 0.15) is 6.29 Å². The highest BCUT2D eigenvalue weighted by Crippen LogP contribution is 2.35. The van der Waals surface area contributed by atoms with Gasteiger partial charge in [-0.2, -0.15) is 0 Å². The lowest BCUT2D eigenvalue weighted by molar-refractivity contribution is 0.112. The quantitative estimate of drug-likeness (QED) is 0.720. The summed E-state index contributed by atoms with van der Waals surface area (Å²) in [7, 11) is 0. The fourth-order valence-electron chi connectivity index (χ4n) is 2.05. The van der Waals surface area contributed by atoms with Crippen molar-refractivity contribution in [2.75, 3.05) is 0 Å². The molecule has 1 fully saturated rings. The van der Waals surface area contributed by atoms with Crippen molar-refractivity contribution < 1.29 is 4.79 Å². The van der Waals surface area contributed by atoms with Crippen LogP contribution >= 0.6 is 11.8 Å². The van der Waals surface area contributed by atoms with Crippen molar-refractivity contribution in [3.8, 4) is 0 Å². The van der Waals surface area contributed by atoms with E-state index >= 15 is 0 Å². The Balaban J connectivity index is 2.08. The molecule has 2 rings (SSSR count). The zero-order chi connectivity index (χ0) is 10.7. The van der Waals surface area contributed by atoms with Crippen molar-refractivity contribution >= 4 is 18.0 Å². The second kappa shape index (κ2) is 4.84. The molecule has 2 heteroatoms. The smallest absolute Gasteiger partial charge is 0.150 e. The van der Waals surface area contributed by atoms with E-state index in [9.17, 15) is 4.79 Å². The Labute approximate surface area is 95.3 Å². The first-order valence-electron chi connectivity index (χ1n) is 5.52. The molecule has 1 aromatic carbocycles. The highest BCUT2D eigenvalue weighted by atomic mass is 32.2. The molecule has 1 aromatic rings. The van der Waals surface area contributed by atoms with Gasteiger partial charge in [0.15, 0.2) is 0 Å². The number of hydrogen-bond donors (Lipinski definition) is 0. The maximum Gasteiger partial charge on any atom is 0.150 e. The number of thioether (sulfide) groups is 1. The van der Waals surface area contributed by atoms with Crippen LogP contribution in [0.15, 0.2) is 23.1 Å². The van der Waals surface area contributed by atoms with Crippen molar-refractivity contribution in [3.63, 3.8) is 0 Å². The van der Waals surface area contributed by atoms with Crippen LogP contribution in [0.4, 0.5) is 0 Å². The second-order valence-corrected chi connectivity index (χ2v) is 5.53. The molecular weight excluding hydrogens is 204 g/mol. The van der Waals surface area contributed by atoms with Crippen LogP contribution in [0.3, 0.4) is 0 Å². The van der Waals surface area contributed by atoms with E-state index in [1.807, 2.05) is 24.8 Å². The van der Waals surface area contributed by atoms with Gasteiger partial charge in [-0.3, -0.25) is 4.79 Å². The highest BCUT2D eigenvalue weighted by Gasteiger charge is 2.16. The molecular formula is C13H16OS. The molecule has 0 atom stereocenters. The van der Waals surface area contributed by atoms with E-state index in [1.165, 1.54) is 30.6 Å². The Morgan fingerprint density at radius 1 is 1.33 bits per heavy atom. The Morgan fingerprint density at radius 3 is 2.67 bits per heavy atom. The summed E-state index contributed by atoms with van der Waals surface area (Å²) < 4.78 is 0. The van der Waals surface area contributed by atoms with E-state index in [-0.39, 0.29) is 0 Å². The van der Waals surface area contributed by atoms with Crippen molar-refractivity contribution in [3.05, 3.63) is 29.3 Å². The zero-order valence-electron chi connectivity index (χ0n) is 9.03. The third-order valence-electron chi connectivity index (χ3n) is 2.97. The number of rotatable bonds is 3. The van der Waals surface area contributed by atoms with Crippen molar-refractivity contribution in [1.82, 2.24) is 0 Å². The van der Waals surface area contributed by atoms with E-state index in [2.05, 4.69) is 12.1 Å². The number of aryl methyl sites for hydroxylation is 1. The zero-order valence-corrected chi connectivity index (χ0v) is 9.85. The lowest BCUT2D eigenvalue weighted by atomic mass is 10.1. The normalized spacial score (nSPS) is 16.9. The van der Waals surface area contributed by atoms with Gasteiger partial charge in [-0.25, -0.2) is 0 Å². The predicted molar refractivity (Wildman–Crippen MR) is 64.7 cm³/mol. The van der Waals surface area contributed by atoms with Crippen LogP contribution < -0.4 is 0 Å². The molecule has 0 N–H and O–H groups in total. The van der Waals surface area contributed by atoms with Gasteiger partial charge in [0.05, 0.1) is 0 Å². The minimum Gasteiger partial charge on any atom is -0.298 e. The molecule has 0 aromatic heterocycles. The van der Waals surface area contributed by atoms with Gasteiger partial charge in [0, 0.05) is 15.7 Å². The minimum atomic E-state index is 0.798. The van der Waals surface area contributed by atoms with Gasteiger partial charge in [-0.15, -0.1) is 11.8 Å². The maximum atomic E-state index is 10.7. The first-order chi connectivity index (χ1) is 7.29. The largest absolute Gasteiger partial charge is 0.298 e. The summed E-state index contributed by atoms with van der Waals surface area (Å²) in [5.41, 5.74) is 1.90. The number of carbonyl (C=O) groups excluding carboxylic acids is 1. The summed E-state index contributed by atoms with van der Waals surface area (Å²) in [6.45, 7) is 2.00. The fourth-order valence-corrected chi connectivity index (χ4v) is 3.40. The molecule has 1 nitrogen and oxygen atoms in total. The summed E-state index contributed by atoms with van der Waals surface area (Å²) in [5, 5.41) is 0.798. The van der Waals surface area contributed by atoms with Crippen LogP contribution in [-0.4, -0.2) is 11.5 Å². The minimum absolute atomic E-state index is 0.798. The summed E-state index contributed by atoms with van der Waals surface area (Å²) in [5.74, 6) is 0. The van der Waals surface area contributed by atoms with Crippen molar-refractivity contribution in [2.45, 2.75) is 42.8 Å². The third kappa shape index (κ3) is 2.63. The maximum absolute atomic E-state index is 10.7. The van der Waals surface area contributed by atoms with Crippen LogP contribution in [0.5, 0.6) is 0 Å². The summed E-state index contributed by atoms with van der Waals surface area (Å²) in [6.07, 6.45) is 6.38. The van der Waals surface area contributed by atoms with Gasteiger partial charge in [-0.1, -0.05) is 18.9 Å². The first kappa shape index (κ1) is 10.7. The number of carbonyl (C=O) groups is 1. The molecule has 0 heterocycles. The summed E-state index contributed by atoms with van der Waals surface area (Å²) in [6, 6.07) is 6.13. The third-order valence-corrected chi connectivity index (χ3v) is 4.30. The monoisotopic (exact) mass is 220 g/mol. The van der Waals surface area contributed by atoms with E-state index in [0.717, 1.165) is 22.7 Å². The Kier molecular flexibility index (Phi) is 3.47. The molecule has 0 bridgehead atoms. The molecule has 0 unspecified atom stereocenters. The van der Waals surface area contributed by atoms with Crippen molar-refractivity contribution in [1.29, 1.82) is 0 Å². The molecule has 0 amide bonds. The van der Waals surface area contributed by atoms with Gasteiger partial charge < -0.3 is 0 Å². The molecule has 1 aliphatic rings. The van der Waals surface area contributed by atoms with Gasteiger partial charge in [-0.05, 0) is 37.5 Å². The molecule has 15 heavy (non-hydrogen) atoms. The van der Waals surface area contributed by atoms with E-state index in [0.29, 0.717) is 0 Å². The SMILES string of the molecule is Cc1cc(SC2CCCC2)ccc1C=O. The first-order valence-corrected chi connectivity index (χ1v) is 6.40. The molecule has 0 radical (unpaired) electrons. The van der Waals surface area contributed by atoms with Gasteiger partial charge in [0.25, 0.3) is 0 Å². The van der Waals surface area contributed by atoms with Gasteiger partial charge >= 0.3 is 0 Å². The Bertz CT molecular complexity index is 354. The number of hydrogen-bond acceptors (Lipinski definition) is 2. The Morgan fingerprint density at radius 2 is 2.07 bits per heavy atom. The molecule has 80 valence electrons. The predicted octanol–water partition coefficient (Wildman–Crippen LogP) is 3.84.